The fraction of sp³-hybridized carbons (Fsp3) is 0.278. The van der Waals surface area contributed by atoms with Gasteiger partial charge in [0.25, 0.3) is 0 Å². The third-order valence-electron chi connectivity index (χ3n) is 3.90. The molecule has 2 rings (SSSR count). The normalized spacial score (nSPS) is 14.8. The molecule has 23 heavy (non-hydrogen) atoms. The second-order valence-electron chi connectivity index (χ2n) is 5.25. The lowest BCUT2D eigenvalue weighted by molar-refractivity contribution is -0.00915. The average Bonchev–Trinajstić information content (AvgIpc) is 2.54. The summed E-state index contributed by atoms with van der Waals surface area (Å²) in [6, 6.07) is 8.75. The molecule has 1 N–H and O–H groups in total. The summed E-state index contributed by atoms with van der Waals surface area (Å²) in [6.07, 6.45) is 3.25. The van der Waals surface area contributed by atoms with Crippen LogP contribution in [0.25, 0.3) is 0 Å². The fourth-order valence-electron chi connectivity index (χ4n) is 2.60. The Kier molecular flexibility index (Phi) is 5.69. The maximum atomic E-state index is 11.4. The van der Waals surface area contributed by atoms with Crippen LogP contribution in [0.4, 0.5) is 0 Å². The van der Waals surface area contributed by atoms with E-state index in [1.54, 1.807) is 42.7 Å². The number of rotatable bonds is 6. The Morgan fingerprint density at radius 2 is 2.13 bits per heavy atom. The molecule has 1 aromatic carbocycles. The van der Waals surface area contributed by atoms with Gasteiger partial charge in [0.15, 0.2) is 5.60 Å². The molecule has 0 aliphatic rings. The van der Waals surface area contributed by atoms with Crippen LogP contribution in [0.3, 0.4) is 0 Å². The van der Waals surface area contributed by atoms with E-state index in [1.165, 1.54) is 0 Å². The van der Waals surface area contributed by atoms with Crippen molar-refractivity contribution in [2.45, 2.75) is 25.4 Å². The lowest BCUT2D eigenvalue weighted by Gasteiger charge is -2.36. The highest BCUT2D eigenvalue weighted by Crippen LogP contribution is 2.44. The zero-order chi connectivity index (χ0) is 17.0. The van der Waals surface area contributed by atoms with Gasteiger partial charge >= 0.3 is 0 Å². The van der Waals surface area contributed by atoms with E-state index in [2.05, 4.69) is 11.6 Å². The number of ether oxygens (including phenoxy) is 1. The molecule has 0 aliphatic heterocycles. The van der Waals surface area contributed by atoms with Crippen molar-refractivity contribution >= 4 is 23.2 Å². The van der Waals surface area contributed by atoms with E-state index in [-0.39, 0.29) is 5.76 Å². The summed E-state index contributed by atoms with van der Waals surface area (Å²) < 4.78 is 5.53. The van der Waals surface area contributed by atoms with Crippen molar-refractivity contribution in [2.75, 3.05) is 6.61 Å². The Hall–Kier alpha value is -1.55. The first-order chi connectivity index (χ1) is 10.9. The van der Waals surface area contributed by atoms with Crippen LogP contribution in [-0.2, 0) is 10.3 Å². The summed E-state index contributed by atoms with van der Waals surface area (Å²) in [6.45, 7) is 8.03. The zero-order valence-corrected chi connectivity index (χ0v) is 14.6. The molecular weight excluding hydrogens is 333 g/mol. The number of aromatic nitrogens is 1. The number of halogens is 2. The second-order valence-corrected chi connectivity index (χ2v) is 6.10. The van der Waals surface area contributed by atoms with Crippen molar-refractivity contribution < 1.29 is 9.84 Å². The van der Waals surface area contributed by atoms with Gasteiger partial charge in [-0.15, -0.1) is 0 Å². The molecule has 1 aromatic heterocycles. The molecule has 3 nitrogen and oxygen atoms in total. The Morgan fingerprint density at radius 1 is 1.39 bits per heavy atom. The van der Waals surface area contributed by atoms with Gasteiger partial charge in [-0.2, -0.15) is 0 Å². The first kappa shape index (κ1) is 17.8. The quantitative estimate of drug-likeness (QED) is 0.750. The summed E-state index contributed by atoms with van der Waals surface area (Å²) in [5.41, 5.74) is -0.109. The van der Waals surface area contributed by atoms with Crippen LogP contribution in [0, 0.1) is 0 Å². The molecule has 0 saturated heterocycles. The van der Waals surface area contributed by atoms with Gasteiger partial charge in [0.05, 0.1) is 6.61 Å². The SMILES string of the molecule is C=C(OCC)C(O)(c1cccnc1)C(C)c1ccc(Cl)cc1Cl. The Morgan fingerprint density at radius 3 is 2.70 bits per heavy atom. The van der Waals surface area contributed by atoms with Crippen LogP contribution >= 0.6 is 23.2 Å². The minimum absolute atomic E-state index is 0.256. The monoisotopic (exact) mass is 351 g/mol. The zero-order valence-electron chi connectivity index (χ0n) is 13.1. The Labute approximate surface area is 146 Å². The number of hydrogen-bond acceptors (Lipinski definition) is 3. The van der Waals surface area contributed by atoms with Gasteiger partial charge in [-0.25, -0.2) is 0 Å². The largest absolute Gasteiger partial charge is 0.495 e. The van der Waals surface area contributed by atoms with Crippen molar-refractivity contribution in [2.24, 2.45) is 0 Å². The molecule has 0 saturated carbocycles. The molecule has 5 heteroatoms. The van der Waals surface area contributed by atoms with Crippen molar-refractivity contribution in [3.8, 4) is 0 Å². The summed E-state index contributed by atoms with van der Waals surface area (Å²) in [5.74, 6) is -0.151. The summed E-state index contributed by atoms with van der Waals surface area (Å²) in [4.78, 5) is 4.10. The van der Waals surface area contributed by atoms with Crippen LogP contribution in [0.5, 0.6) is 0 Å². The predicted octanol–water partition coefficient (Wildman–Crippen LogP) is 4.93. The predicted molar refractivity (Wildman–Crippen MR) is 93.8 cm³/mol. The molecule has 0 amide bonds. The highest BCUT2D eigenvalue weighted by atomic mass is 35.5. The van der Waals surface area contributed by atoms with Crippen molar-refractivity contribution in [3.63, 3.8) is 0 Å². The van der Waals surface area contributed by atoms with Gasteiger partial charge < -0.3 is 9.84 Å². The van der Waals surface area contributed by atoms with E-state index in [9.17, 15) is 5.11 Å². The van der Waals surface area contributed by atoms with Gasteiger partial charge in [0.2, 0.25) is 0 Å². The van der Waals surface area contributed by atoms with Gasteiger partial charge in [-0.05, 0) is 30.7 Å². The van der Waals surface area contributed by atoms with Crippen molar-refractivity contribution in [1.82, 2.24) is 4.98 Å². The third-order valence-corrected chi connectivity index (χ3v) is 4.46. The van der Waals surface area contributed by atoms with E-state index in [1.807, 2.05) is 13.8 Å². The number of nitrogens with zero attached hydrogens (tertiary/aromatic N) is 1. The highest BCUT2D eigenvalue weighted by Gasteiger charge is 2.42. The molecule has 0 fully saturated rings. The van der Waals surface area contributed by atoms with Crippen molar-refractivity contribution in [3.05, 3.63) is 76.2 Å². The van der Waals surface area contributed by atoms with E-state index >= 15 is 0 Å². The fourth-order valence-corrected chi connectivity index (χ4v) is 3.17. The van der Waals surface area contributed by atoms with E-state index in [0.29, 0.717) is 22.2 Å². The molecule has 0 radical (unpaired) electrons. The molecule has 2 atom stereocenters. The molecule has 0 bridgehead atoms. The smallest absolute Gasteiger partial charge is 0.154 e. The third kappa shape index (κ3) is 3.52. The average molecular weight is 352 g/mol. The molecule has 2 unspecified atom stereocenters. The van der Waals surface area contributed by atoms with Crippen LogP contribution in [0.1, 0.15) is 30.9 Å². The standard InChI is InChI=1S/C18H19Cl2NO2/c1-4-23-13(3)18(22,14-6-5-9-21-11-14)12(2)16-8-7-15(19)10-17(16)20/h5-12,22H,3-4H2,1-2H3. The number of pyridine rings is 1. The molecule has 1 heterocycles. The Bertz CT molecular complexity index is 691. The molecule has 0 aliphatic carbocycles. The van der Waals surface area contributed by atoms with Gasteiger partial charge in [0.1, 0.15) is 5.76 Å². The van der Waals surface area contributed by atoms with E-state index in [0.717, 1.165) is 5.56 Å². The highest BCUT2D eigenvalue weighted by molar-refractivity contribution is 6.35. The summed E-state index contributed by atoms with van der Waals surface area (Å²) in [7, 11) is 0. The second kappa shape index (κ2) is 7.35. The van der Waals surface area contributed by atoms with E-state index in [4.69, 9.17) is 27.9 Å². The minimum atomic E-state index is -1.46. The minimum Gasteiger partial charge on any atom is -0.495 e. The first-order valence-corrected chi connectivity index (χ1v) is 8.06. The topological polar surface area (TPSA) is 42.4 Å². The lowest BCUT2D eigenvalue weighted by Crippen LogP contribution is -2.35. The van der Waals surface area contributed by atoms with Crippen LogP contribution in [0.2, 0.25) is 10.0 Å². The molecular formula is C18H19Cl2NO2. The van der Waals surface area contributed by atoms with Gasteiger partial charge in [-0.1, -0.05) is 48.8 Å². The van der Waals surface area contributed by atoms with Gasteiger partial charge in [-0.3, -0.25) is 4.98 Å². The van der Waals surface area contributed by atoms with Crippen LogP contribution in [0.15, 0.2) is 55.1 Å². The number of hydrogen-bond donors (Lipinski definition) is 1. The summed E-state index contributed by atoms with van der Waals surface area (Å²) >= 11 is 12.3. The maximum absolute atomic E-state index is 11.4. The Balaban J connectivity index is 2.55. The first-order valence-electron chi connectivity index (χ1n) is 7.31. The molecule has 0 spiro atoms. The molecule has 2 aromatic rings. The van der Waals surface area contributed by atoms with Crippen molar-refractivity contribution in [1.29, 1.82) is 0 Å². The molecule has 122 valence electrons. The van der Waals surface area contributed by atoms with Crippen LogP contribution in [-0.4, -0.2) is 16.7 Å². The number of aliphatic hydroxyl groups is 1. The maximum Gasteiger partial charge on any atom is 0.154 e. The number of benzene rings is 1. The van der Waals surface area contributed by atoms with E-state index < -0.39 is 11.5 Å². The summed E-state index contributed by atoms with van der Waals surface area (Å²) in [5, 5.41) is 12.5. The van der Waals surface area contributed by atoms with Gasteiger partial charge in [0, 0.05) is 33.9 Å². The van der Waals surface area contributed by atoms with Crippen LogP contribution < -0.4 is 0 Å². The lowest BCUT2D eigenvalue weighted by atomic mass is 9.77.